The number of nitrogens with one attached hydrogen (secondary N) is 2. The first-order valence-electron chi connectivity index (χ1n) is 1.91. The molecule has 1 aromatic heterocycles. The first kappa shape index (κ1) is 5.33. The fraction of sp³-hybridized carbons (Fsp3) is 0. The van der Waals surface area contributed by atoms with Gasteiger partial charge in [-0.15, -0.1) is 0 Å². The molecule has 1 heterocycles. The van der Waals surface area contributed by atoms with E-state index in [1.165, 1.54) is 5.38 Å². The number of hydrogen-bond acceptors (Lipinski definition) is 4. The van der Waals surface area contributed by atoms with Crippen LogP contribution in [0.1, 0.15) is 0 Å². The van der Waals surface area contributed by atoms with Gasteiger partial charge >= 0.3 is 4.87 Å². The number of hydrogen-bond donors (Lipinski definition) is 3. The molecule has 0 radical (unpaired) electrons. The predicted octanol–water partition coefficient (Wildman–Crippen LogP) is 0.238. The molecule has 0 aliphatic rings. The highest BCUT2D eigenvalue weighted by molar-refractivity contribution is 7.07. The van der Waals surface area contributed by atoms with E-state index in [1.807, 2.05) is 0 Å². The molecule has 0 saturated carbocycles. The predicted molar refractivity (Wildman–Crippen MR) is 30.3 cm³/mol. The average molecular weight is 132 g/mol. The molecule has 1 aromatic rings. The lowest BCUT2D eigenvalue weighted by atomic mass is 10.8. The summed E-state index contributed by atoms with van der Waals surface area (Å²) in [5.74, 6) is 0.333. The topological polar surface area (TPSA) is 65.1 Å². The van der Waals surface area contributed by atoms with Gasteiger partial charge in [-0.25, -0.2) is 0 Å². The largest absolute Gasteiger partial charge is 0.306 e. The van der Waals surface area contributed by atoms with Crippen LogP contribution in [0.15, 0.2) is 10.2 Å². The maximum atomic E-state index is 10.3. The summed E-state index contributed by atoms with van der Waals surface area (Å²) in [6.07, 6.45) is 0. The molecule has 0 aromatic carbocycles. The number of H-pyrrole nitrogens is 1. The molecular formula is C3H4N2O2S. The van der Waals surface area contributed by atoms with Crippen LogP contribution in [-0.4, -0.2) is 10.2 Å². The van der Waals surface area contributed by atoms with Gasteiger partial charge in [0.2, 0.25) is 0 Å². The highest BCUT2D eigenvalue weighted by Gasteiger charge is 1.88. The van der Waals surface area contributed by atoms with Crippen LogP contribution in [0.2, 0.25) is 0 Å². The molecule has 0 amide bonds. The Labute approximate surface area is 48.8 Å². The number of aromatic nitrogens is 1. The summed E-state index contributed by atoms with van der Waals surface area (Å²) >= 11 is 0.995. The SMILES string of the molecule is O=c1[nH]c(NO)cs1. The quantitative estimate of drug-likeness (QED) is 0.479. The zero-order valence-corrected chi connectivity index (χ0v) is 4.66. The van der Waals surface area contributed by atoms with Crippen LogP contribution in [0.25, 0.3) is 0 Å². The number of rotatable bonds is 1. The summed E-state index contributed by atoms with van der Waals surface area (Å²) < 4.78 is 0. The van der Waals surface area contributed by atoms with Gasteiger partial charge in [0, 0.05) is 5.38 Å². The van der Waals surface area contributed by atoms with Crippen LogP contribution < -0.4 is 10.4 Å². The van der Waals surface area contributed by atoms with Gasteiger partial charge < -0.3 is 0 Å². The van der Waals surface area contributed by atoms with E-state index in [0.29, 0.717) is 5.82 Å². The van der Waals surface area contributed by atoms with Crippen LogP contribution in [0.5, 0.6) is 0 Å². The molecule has 3 N–H and O–H groups in total. The summed E-state index contributed by atoms with van der Waals surface area (Å²) in [6, 6.07) is 0. The van der Waals surface area contributed by atoms with Crippen LogP contribution >= 0.6 is 11.3 Å². The number of thiazole rings is 1. The van der Waals surface area contributed by atoms with Gasteiger partial charge in [0.25, 0.3) is 0 Å². The van der Waals surface area contributed by atoms with Crippen LogP contribution in [0, 0.1) is 0 Å². The van der Waals surface area contributed by atoms with Crippen molar-refractivity contribution in [3.63, 3.8) is 0 Å². The third kappa shape index (κ3) is 0.877. The molecule has 1 rings (SSSR count). The molecular weight excluding hydrogens is 128 g/mol. The van der Waals surface area contributed by atoms with E-state index in [9.17, 15) is 4.79 Å². The highest BCUT2D eigenvalue weighted by Crippen LogP contribution is 1.98. The van der Waals surface area contributed by atoms with E-state index in [0.717, 1.165) is 11.3 Å². The van der Waals surface area contributed by atoms with Gasteiger partial charge in [0.05, 0.1) is 0 Å². The second-order valence-corrected chi connectivity index (χ2v) is 2.02. The first-order chi connectivity index (χ1) is 3.83. The molecule has 0 atom stereocenters. The van der Waals surface area contributed by atoms with E-state index in [1.54, 1.807) is 5.48 Å². The van der Waals surface area contributed by atoms with Gasteiger partial charge in [-0.05, 0) is 0 Å². The van der Waals surface area contributed by atoms with Crippen molar-refractivity contribution in [3.05, 3.63) is 15.0 Å². The summed E-state index contributed by atoms with van der Waals surface area (Å²) in [7, 11) is 0. The average Bonchev–Trinajstić information content (AvgIpc) is 2.14. The zero-order chi connectivity index (χ0) is 5.98. The lowest BCUT2D eigenvalue weighted by Crippen LogP contribution is -1.95. The van der Waals surface area contributed by atoms with Gasteiger partial charge in [-0.1, -0.05) is 11.3 Å². The van der Waals surface area contributed by atoms with E-state index in [4.69, 9.17) is 5.21 Å². The van der Waals surface area contributed by atoms with E-state index >= 15 is 0 Å². The lowest BCUT2D eigenvalue weighted by molar-refractivity contribution is 0.386. The molecule has 5 heteroatoms. The third-order valence-electron chi connectivity index (χ3n) is 0.641. The van der Waals surface area contributed by atoms with Crippen molar-refractivity contribution in [2.45, 2.75) is 0 Å². The molecule has 0 unspecified atom stereocenters. The van der Waals surface area contributed by atoms with E-state index in [-0.39, 0.29) is 4.87 Å². The Kier molecular flexibility index (Phi) is 1.32. The molecule has 0 aliphatic heterocycles. The normalized spacial score (nSPS) is 9.12. The molecule has 4 nitrogen and oxygen atoms in total. The van der Waals surface area contributed by atoms with Gasteiger partial charge in [-0.2, -0.15) is 0 Å². The van der Waals surface area contributed by atoms with Gasteiger partial charge in [-0.3, -0.25) is 20.5 Å². The fourth-order valence-corrected chi connectivity index (χ4v) is 0.841. The maximum Gasteiger partial charge on any atom is 0.306 e. The monoisotopic (exact) mass is 132 g/mol. The van der Waals surface area contributed by atoms with Gasteiger partial charge in [0.15, 0.2) is 0 Å². The first-order valence-corrected chi connectivity index (χ1v) is 2.79. The van der Waals surface area contributed by atoms with Crippen LogP contribution in [0.3, 0.4) is 0 Å². The van der Waals surface area contributed by atoms with Crippen molar-refractivity contribution in [1.29, 1.82) is 0 Å². The molecule has 0 spiro atoms. The lowest BCUT2D eigenvalue weighted by Gasteiger charge is -1.84. The van der Waals surface area contributed by atoms with Crippen molar-refractivity contribution in [1.82, 2.24) is 4.98 Å². The minimum atomic E-state index is -0.179. The molecule has 0 saturated heterocycles. The highest BCUT2D eigenvalue weighted by atomic mass is 32.1. The fourth-order valence-electron chi connectivity index (χ4n) is 0.336. The van der Waals surface area contributed by atoms with E-state index < -0.39 is 0 Å². The van der Waals surface area contributed by atoms with Crippen LogP contribution in [-0.2, 0) is 0 Å². The molecule has 44 valence electrons. The molecule has 0 bridgehead atoms. The second kappa shape index (κ2) is 1.97. The Hall–Kier alpha value is -0.810. The number of anilines is 1. The summed E-state index contributed by atoms with van der Waals surface area (Å²) in [6.45, 7) is 0. The minimum absolute atomic E-state index is 0.179. The Morgan fingerprint density at radius 1 is 1.88 bits per heavy atom. The van der Waals surface area contributed by atoms with Crippen molar-refractivity contribution in [2.24, 2.45) is 0 Å². The molecule has 8 heavy (non-hydrogen) atoms. The van der Waals surface area contributed by atoms with Crippen molar-refractivity contribution in [2.75, 3.05) is 5.48 Å². The van der Waals surface area contributed by atoms with Crippen molar-refractivity contribution in [3.8, 4) is 0 Å². The van der Waals surface area contributed by atoms with Crippen molar-refractivity contribution >= 4 is 17.2 Å². The summed E-state index contributed by atoms with van der Waals surface area (Å²) in [5.41, 5.74) is 1.80. The second-order valence-electron chi connectivity index (χ2n) is 1.17. The van der Waals surface area contributed by atoms with Gasteiger partial charge in [0.1, 0.15) is 5.82 Å². The number of aromatic amines is 1. The summed E-state index contributed by atoms with van der Waals surface area (Å²) in [4.78, 5) is 12.4. The minimum Gasteiger partial charge on any atom is -0.298 e. The Morgan fingerprint density at radius 3 is 2.88 bits per heavy atom. The maximum absolute atomic E-state index is 10.3. The van der Waals surface area contributed by atoms with Crippen molar-refractivity contribution < 1.29 is 5.21 Å². The molecule has 0 fully saturated rings. The third-order valence-corrected chi connectivity index (χ3v) is 1.31. The standard InChI is InChI=1S/C3H4N2O2S/c6-3-4-2(5-7)1-8-3/h1,5,7H,(H,4,6). The Balaban J connectivity index is 3.01. The smallest absolute Gasteiger partial charge is 0.298 e. The zero-order valence-electron chi connectivity index (χ0n) is 3.84. The van der Waals surface area contributed by atoms with Crippen LogP contribution in [0.4, 0.5) is 5.82 Å². The van der Waals surface area contributed by atoms with E-state index in [2.05, 4.69) is 4.98 Å². The summed E-state index contributed by atoms with van der Waals surface area (Å²) in [5, 5.41) is 9.63. The Bertz CT molecular complexity index is 215. The molecule has 0 aliphatic carbocycles. The Morgan fingerprint density at radius 2 is 2.62 bits per heavy atom.